The van der Waals surface area contributed by atoms with Gasteiger partial charge in [0.25, 0.3) is 0 Å². The third kappa shape index (κ3) is 3.89. The minimum absolute atomic E-state index is 0.0225. The molecule has 0 radical (unpaired) electrons. The molecule has 1 unspecified atom stereocenters. The minimum atomic E-state index is -0.312. The maximum atomic E-state index is 11.9. The quantitative estimate of drug-likeness (QED) is 0.671. The molecule has 0 saturated carbocycles. The average molecular weight is 244 g/mol. The first kappa shape index (κ1) is 13.8. The summed E-state index contributed by atoms with van der Waals surface area (Å²) in [5, 5.41) is 0. The van der Waals surface area contributed by atoms with E-state index in [2.05, 4.69) is 4.74 Å². The van der Waals surface area contributed by atoms with Gasteiger partial charge in [-0.15, -0.1) is 0 Å². The van der Waals surface area contributed by atoms with E-state index in [1.54, 1.807) is 16.8 Å². The van der Waals surface area contributed by atoms with Crippen LogP contribution in [0.5, 0.6) is 0 Å². The number of morpholine rings is 1. The van der Waals surface area contributed by atoms with Crippen molar-refractivity contribution in [2.75, 3.05) is 40.4 Å². The van der Waals surface area contributed by atoms with Crippen LogP contribution in [0.1, 0.15) is 13.3 Å². The summed E-state index contributed by atoms with van der Waals surface area (Å²) in [4.78, 5) is 26.4. The lowest BCUT2D eigenvalue weighted by Gasteiger charge is -2.34. The van der Waals surface area contributed by atoms with Gasteiger partial charge < -0.3 is 19.3 Å². The van der Waals surface area contributed by atoms with Crippen LogP contribution in [0.4, 0.5) is 4.79 Å². The molecule has 0 aromatic heterocycles. The Morgan fingerprint density at radius 2 is 2.24 bits per heavy atom. The van der Waals surface area contributed by atoms with Crippen molar-refractivity contribution in [3.8, 4) is 0 Å². The highest BCUT2D eigenvalue weighted by molar-refractivity contribution is 5.74. The molecule has 6 nitrogen and oxygen atoms in total. The number of methoxy groups -OCH3 is 1. The summed E-state index contributed by atoms with van der Waals surface area (Å²) in [5.41, 5.74) is 0. The molecule has 1 fully saturated rings. The third-order valence-electron chi connectivity index (χ3n) is 2.83. The molecule has 1 atom stereocenters. The van der Waals surface area contributed by atoms with Gasteiger partial charge in [0.2, 0.25) is 0 Å². The Morgan fingerprint density at radius 1 is 1.53 bits per heavy atom. The third-order valence-corrected chi connectivity index (χ3v) is 2.83. The number of esters is 1. The standard InChI is InChI=1S/C11H20N2O4/c1-4-12(2)11(15)13-5-6-17-9(8-13)7-10(14)16-3/h9H,4-8H2,1-3H3. The van der Waals surface area contributed by atoms with Gasteiger partial charge in [0.05, 0.1) is 26.2 Å². The Morgan fingerprint density at radius 3 is 2.82 bits per heavy atom. The number of urea groups is 1. The van der Waals surface area contributed by atoms with Crippen LogP contribution >= 0.6 is 0 Å². The maximum Gasteiger partial charge on any atom is 0.319 e. The molecule has 0 N–H and O–H groups in total. The van der Waals surface area contributed by atoms with Crippen molar-refractivity contribution in [1.82, 2.24) is 9.80 Å². The zero-order chi connectivity index (χ0) is 12.8. The normalized spacial score (nSPS) is 19.9. The molecule has 98 valence electrons. The van der Waals surface area contributed by atoms with E-state index in [0.29, 0.717) is 26.2 Å². The van der Waals surface area contributed by atoms with Crippen LogP contribution in [0.25, 0.3) is 0 Å². The van der Waals surface area contributed by atoms with Crippen molar-refractivity contribution < 1.29 is 19.1 Å². The number of nitrogens with zero attached hydrogens (tertiary/aromatic N) is 2. The molecule has 0 aromatic carbocycles. The molecule has 17 heavy (non-hydrogen) atoms. The average Bonchev–Trinajstić information content (AvgIpc) is 2.37. The summed E-state index contributed by atoms with van der Waals surface area (Å²) < 4.78 is 10.0. The second kappa shape index (κ2) is 6.44. The first-order valence-corrected chi connectivity index (χ1v) is 5.77. The van der Waals surface area contributed by atoms with E-state index in [1.165, 1.54) is 7.11 Å². The molecule has 1 saturated heterocycles. The summed E-state index contributed by atoms with van der Waals surface area (Å²) in [6, 6.07) is -0.0225. The Bertz CT molecular complexity index is 283. The fourth-order valence-electron chi connectivity index (χ4n) is 1.66. The van der Waals surface area contributed by atoms with Crippen LogP contribution < -0.4 is 0 Å². The molecule has 1 heterocycles. The predicted octanol–water partition coefficient (Wildman–Crippen LogP) is 0.322. The molecule has 2 amide bonds. The van der Waals surface area contributed by atoms with E-state index in [-0.39, 0.29) is 24.5 Å². The van der Waals surface area contributed by atoms with Crippen LogP contribution in [0.3, 0.4) is 0 Å². The van der Waals surface area contributed by atoms with Crippen LogP contribution in [-0.4, -0.2) is 68.3 Å². The number of carbonyl (C=O) groups is 2. The van der Waals surface area contributed by atoms with Crippen LogP contribution in [0.2, 0.25) is 0 Å². The summed E-state index contributed by atoms with van der Waals surface area (Å²) in [5.74, 6) is -0.312. The zero-order valence-electron chi connectivity index (χ0n) is 10.6. The maximum absolute atomic E-state index is 11.9. The molecule has 0 aliphatic carbocycles. The number of hydrogen-bond donors (Lipinski definition) is 0. The number of hydrogen-bond acceptors (Lipinski definition) is 4. The first-order chi connectivity index (χ1) is 8.08. The van der Waals surface area contributed by atoms with Gasteiger partial charge in [-0.05, 0) is 6.92 Å². The molecule has 1 aliphatic heterocycles. The van der Waals surface area contributed by atoms with E-state index in [4.69, 9.17) is 4.74 Å². The van der Waals surface area contributed by atoms with Crippen molar-refractivity contribution in [3.05, 3.63) is 0 Å². The molecule has 0 aromatic rings. The van der Waals surface area contributed by atoms with Gasteiger partial charge in [0.15, 0.2) is 0 Å². The van der Waals surface area contributed by atoms with Crippen LogP contribution in [-0.2, 0) is 14.3 Å². The van der Waals surface area contributed by atoms with Gasteiger partial charge in [-0.25, -0.2) is 4.79 Å². The summed E-state index contributed by atoms with van der Waals surface area (Å²) in [7, 11) is 3.10. The molecule has 1 aliphatic rings. The van der Waals surface area contributed by atoms with Gasteiger partial charge >= 0.3 is 12.0 Å². The summed E-state index contributed by atoms with van der Waals surface area (Å²) >= 11 is 0. The van der Waals surface area contributed by atoms with Crippen molar-refractivity contribution in [2.45, 2.75) is 19.4 Å². The molecule has 0 spiro atoms. The summed E-state index contributed by atoms with van der Waals surface area (Å²) in [6.45, 7) is 4.06. The summed E-state index contributed by atoms with van der Waals surface area (Å²) in [6.07, 6.45) is -0.0683. The van der Waals surface area contributed by atoms with E-state index < -0.39 is 0 Å². The van der Waals surface area contributed by atoms with Gasteiger partial charge in [-0.3, -0.25) is 4.79 Å². The first-order valence-electron chi connectivity index (χ1n) is 5.77. The molecule has 6 heteroatoms. The molecule has 0 bridgehead atoms. The zero-order valence-corrected chi connectivity index (χ0v) is 10.6. The second-order valence-electron chi connectivity index (χ2n) is 4.02. The Labute approximate surface area is 101 Å². The minimum Gasteiger partial charge on any atom is -0.469 e. The van der Waals surface area contributed by atoms with Crippen molar-refractivity contribution >= 4 is 12.0 Å². The number of amides is 2. The highest BCUT2D eigenvalue weighted by atomic mass is 16.5. The van der Waals surface area contributed by atoms with Crippen molar-refractivity contribution in [3.63, 3.8) is 0 Å². The van der Waals surface area contributed by atoms with Crippen molar-refractivity contribution in [1.29, 1.82) is 0 Å². The second-order valence-corrected chi connectivity index (χ2v) is 4.02. The fourth-order valence-corrected chi connectivity index (χ4v) is 1.66. The van der Waals surface area contributed by atoms with E-state index in [1.807, 2.05) is 6.92 Å². The Hall–Kier alpha value is -1.30. The van der Waals surface area contributed by atoms with Gasteiger partial charge in [0.1, 0.15) is 0 Å². The van der Waals surface area contributed by atoms with E-state index in [0.717, 1.165) is 0 Å². The fraction of sp³-hybridized carbons (Fsp3) is 0.818. The molecular formula is C11H20N2O4. The number of rotatable bonds is 3. The number of carbonyl (C=O) groups excluding carboxylic acids is 2. The highest BCUT2D eigenvalue weighted by Gasteiger charge is 2.27. The lowest BCUT2D eigenvalue weighted by Crippen LogP contribution is -2.50. The topological polar surface area (TPSA) is 59.1 Å². The Kier molecular flexibility index (Phi) is 5.21. The smallest absolute Gasteiger partial charge is 0.319 e. The highest BCUT2D eigenvalue weighted by Crippen LogP contribution is 2.11. The molecule has 1 rings (SSSR count). The largest absolute Gasteiger partial charge is 0.469 e. The predicted molar refractivity (Wildman–Crippen MR) is 61.6 cm³/mol. The van der Waals surface area contributed by atoms with Gasteiger partial charge in [-0.1, -0.05) is 0 Å². The SMILES string of the molecule is CCN(C)C(=O)N1CCOC(CC(=O)OC)C1. The lowest BCUT2D eigenvalue weighted by atomic mass is 10.2. The van der Waals surface area contributed by atoms with Crippen LogP contribution in [0.15, 0.2) is 0 Å². The van der Waals surface area contributed by atoms with Crippen LogP contribution in [0, 0.1) is 0 Å². The van der Waals surface area contributed by atoms with E-state index in [9.17, 15) is 9.59 Å². The molecular weight excluding hydrogens is 224 g/mol. The number of ether oxygens (including phenoxy) is 2. The van der Waals surface area contributed by atoms with Gasteiger partial charge in [-0.2, -0.15) is 0 Å². The lowest BCUT2D eigenvalue weighted by molar-refractivity contribution is -0.145. The van der Waals surface area contributed by atoms with E-state index >= 15 is 0 Å². The van der Waals surface area contributed by atoms with Crippen molar-refractivity contribution in [2.24, 2.45) is 0 Å². The van der Waals surface area contributed by atoms with Gasteiger partial charge in [0, 0.05) is 26.7 Å². The monoisotopic (exact) mass is 244 g/mol. The Balaban J connectivity index is 2.48.